The predicted octanol–water partition coefficient (Wildman–Crippen LogP) is 5.41. The van der Waals surface area contributed by atoms with Crippen LogP contribution in [0.3, 0.4) is 0 Å². The lowest BCUT2D eigenvalue weighted by Gasteiger charge is -2.12. The molecule has 0 fully saturated rings. The average Bonchev–Trinajstić information content (AvgIpc) is 2.36. The Morgan fingerprint density at radius 2 is 1.75 bits per heavy atom. The van der Waals surface area contributed by atoms with Gasteiger partial charge in [-0.1, -0.05) is 45.3 Å². The highest BCUT2D eigenvalue weighted by atomic mass is 79.9. The smallest absolute Gasteiger partial charge is 0.0773 e. The molecule has 0 amide bonds. The number of aliphatic hydroxyl groups excluding tert-OH is 1. The van der Waals surface area contributed by atoms with Crippen LogP contribution in [0.4, 0.5) is 0 Å². The zero-order valence-corrected chi connectivity index (χ0v) is 14.4. The minimum absolute atomic E-state index is 0.450. The minimum atomic E-state index is -0.450. The van der Waals surface area contributed by atoms with Crippen molar-refractivity contribution < 1.29 is 5.11 Å². The molecule has 0 aromatic heterocycles. The molecule has 0 aliphatic rings. The fourth-order valence-corrected chi connectivity index (χ4v) is 3.72. The van der Waals surface area contributed by atoms with Gasteiger partial charge in [-0.3, -0.25) is 0 Å². The Morgan fingerprint density at radius 3 is 2.35 bits per heavy atom. The summed E-state index contributed by atoms with van der Waals surface area (Å²) in [5.41, 5.74) is 4.90. The van der Waals surface area contributed by atoms with Crippen LogP contribution in [-0.4, -0.2) is 5.11 Å². The lowest BCUT2D eigenvalue weighted by molar-refractivity contribution is 0.196. The topological polar surface area (TPSA) is 20.2 Å². The molecule has 0 saturated heterocycles. The number of aliphatic hydroxyl groups is 1. The van der Waals surface area contributed by atoms with E-state index in [-0.39, 0.29) is 0 Å². The van der Waals surface area contributed by atoms with E-state index in [9.17, 15) is 5.11 Å². The van der Waals surface area contributed by atoms with E-state index in [1.54, 1.807) is 11.8 Å². The van der Waals surface area contributed by atoms with Gasteiger partial charge in [-0.2, -0.15) is 0 Å². The Kier molecular flexibility index (Phi) is 5.30. The van der Waals surface area contributed by atoms with Crippen molar-refractivity contribution in [2.75, 3.05) is 0 Å². The molecule has 2 rings (SSSR count). The number of thioether (sulfide) groups is 1. The third-order valence-electron chi connectivity index (χ3n) is 3.10. The van der Waals surface area contributed by atoms with Gasteiger partial charge in [-0.15, -0.1) is 11.8 Å². The minimum Gasteiger partial charge on any atom is -0.389 e. The summed E-state index contributed by atoms with van der Waals surface area (Å²) in [5.74, 6) is 0.921. The van der Waals surface area contributed by atoms with Crippen LogP contribution in [0.15, 0.2) is 45.8 Å². The van der Waals surface area contributed by atoms with E-state index in [1.807, 2.05) is 19.1 Å². The fraction of sp³-hybridized carbons (Fsp3) is 0.294. The molecule has 0 bridgehead atoms. The fourth-order valence-electron chi connectivity index (χ4n) is 2.29. The van der Waals surface area contributed by atoms with Crippen LogP contribution in [0, 0.1) is 13.8 Å². The van der Waals surface area contributed by atoms with Crippen molar-refractivity contribution in [2.45, 2.75) is 37.5 Å². The van der Waals surface area contributed by atoms with Crippen molar-refractivity contribution in [1.82, 2.24) is 0 Å². The molecule has 106 valence electrons. The molecule has 0 aliphatic heterocycles. The van der Waals surface area contributed by atoms with Crippen LogP contribution in [0.25, 0.3) is 0 Å². The van der Waals surface area contributed by atoms with E-state index in [0.29, 0.717) is 0 Å². The van der Waals surface area contributed by atoms with Crippen molar-refractivity contribution in [3.63, 3.8) is 0 Å². The Labute approximate surface area is 133 Å². The van der Waals surface area contributed by atoms with Crippen LogP contribution < -0.4 is 0 Å². The zero-order valence-electron chi connectivity index (χ0n) is 12.0. The second-order valence-corrected chi connectivity index (χ2v) is 7.08. The summed E-state index contributed by atoms with van der Waals surface area (Å²) in [7, 11) is 0. The van der Waals surface area contributed by atoms with E-state index < -0.39 is 6.10 Å². The summed E-state index contributed by atoms with van der Waals surface area (Å²) in [6.07, 6.45) is -0.450. The third-order valence-corrected chi connectivity index (χ3v) is 4.75. The Hall–Kier alpha value is -0.770. The Morgan fingerprint density at radius 1 is 1.10 bits per heavy atom. The maximum absolute atomic E-state index is 9.88. The van der Waals surface area contributed by atoms with Crippen molar-refractivity contribution in [3.05, 3.63) is 63.1 Å². The lowest BCUT2D eigenvalue weighted by atomic mass is 10.1. The highest BCUT2D eigenvalue weighted by Crippen LogP contribution is 2.32. The summed E-state index contributed by atoms with van der Waals surface area (Å²) >= 11 is 5.23. The average molecular weight is 351 g/mol. The normalized spacial score (nSPS) is 12.4. The third kappa shape index (κ3) is 4.11. The number of benzene rings is 2. The van der Waals surface area contributed by atoms with Gasteiger partial charge in [-0.05, 0) is 50.1 Å². The maximum atomic E-state index is 9.88. The number of rotatable bonds is 4. The number of halogens is 1. The summed E-state index contributed by atoms with van der Waals surface area (Å²) in [6.45, 7) is 6.06. The lowest BCUT2D eigenvalue weighted by Crippen LogP contribution is -1.94. The van der Waals surface area contributed by atoms with Gasteiger partial charge in [0, 0.05) is 15.1 Å². The summed E-state index contributed by atoms with van der Waals surface area (Å²) in [4.78, 5) is 1.14. The molecule has 1 N–H and O–H groups in total. The van der Waals surface area contributed by atoms with Crippen LogP contribution >= 0.6 is 27.7 Å². The highest BCUT2D eigenvalue weighted by molar-refractivity contribution is 9.10. The van der Waals surface area contributed by atoms with Crippen molar-refractivity contribution in [1.29, 1.82) is 0 Å². The largest absolute Gasteiger partial charge is 0.389 e. The van der Waals surface area contributed by atoms with Gasteiger partial charge in [0.25, 0.3) is 0 Å². The van der Waals surface area contributed by atoms with Gasteiger partial charge in [0.05, 0.1) is 6.10 Å². The first kappa shape index (κ1) is 15.6. The predicted molar refractivity (Wildman–Crippen MR) is 90.3 cm³/mol. The molecule has 20 heavy (non-hydrogen) atoms. The quantitative estimate of drug-likeness (QED) is 0.743. The standard InChI is InChI=1S/C17H19BrOS/c1-11-6-12(2)8-14(7-11)10-20-17-5-4-15(18)9-16(17)13(3)19/h4-9,13,19H,10H2,1-3H3. The SMILES string of the molecule is Cc1cc(C)cc(CSc2ccc(Br)cc2C(C)O)c1. The van der Waals surface area contributed by atoms with Crippen molar-refractivity contribution in [3.8, 4) is 0 Å². The molecule has 3 heteroatoms. The van der Waals surface area contributed by atoms with Gasteiger partial charge in [0.2, 0.25) is 0 Å². The van der Waals surface area contributed by atoms with E-state index >= 15 is 0 Å². The van der Waals surface area contributed by atoms with Gasteiger partial charge < -0.3 is 5.11 Å². The number of aryl methyl sites for hydroxylation is 2. The van der Waals surface area contributed by atoms with Crippen LogP contribution in [0.5, 0.6) is 0 Å². The number of hydrogen-bond donors (Lipinski definition) is 1. The van der Waals surface area contributed by atoms with E-state index in [2.05, 4.69) is 54.0 Å². The van der Waals surface area contributed by atoms with Crippen molar-refractivity contribution in [2.24, 2.45) is 0 Å². The molecule has 1 atom stereocenters. The molecule has 1 nitrogen and oxygen atoms in total. The van der Waals surface area contributed by atoms with Gasteiger partial charge >= 0.3 is 0 Å². The second-order valence-electron chi connectivity index (χ2n) is 5.14. The molecule has 2 aromatic carbocycles. The molecular formula is C17H19BrOS. The first-order chi connectivity index (χ1) is 9.45. The summed E-state index contributed by atoms with van der Waals surface area (Å²) in [6, 6.07) is 12.7. The molecule has 2 aromatic rings. The maximum Gasteiger partial charge on any atom is 0.0773 e. The zero-order chi connectivity index (χ0) is 14.7. The van der Waals surface area contributed by atoms with Crippen LogP contribution in [-0.2, 0) is 5.75 Å². The Bertz CT molecular complexity index is 588. The van der Waals surface area contributed by atoms with Crippen LogP contribution in [0.1, 0.15) is 35.3 Å². The molecule has 0 spiro atoms. The summed E-state index contributed by atoms with van der Waals surface area (Å²) in [5, 5.41) is 9.88. The van der Waals surface area contributed by atoms with E-state index in [4.69, 9.17) is 0 Å². The van der Waals surface area contributed by atoms with Crippen molar-refractivity contribution >= 4 is 27.7 Å². The number of hydrogen-bond acceptors (Lipinski definition) is 2. The molecular weight excluding hydrogens is 332 g/mol. The van der Waals surface area contributed by atoms with Gasteiger partial charge in [0.1, 0.15) is 0 Å². The highest BCUT2D eigenvalue weighted by Gasteiger charge is 2.09. The summed E-state index contributed by atoms with van der Waals surface area (Å²) < 4.78 is 1.00. The molecule has 0 aliphatic carbocycles. The molecule has 1 unspecified atom stereocenters. The monoisotopic (exact) mass is 350 g/mol. The Balaban J connectivity index is 2.18. The second kappa shape index (κ2) is 6.79. The molecule has 0 heterocycles. The van der Waals surface area contributed by atoms with E-state index in [1.165, 1.54) is 16.7 Å². The first-order valence-electron chi connectivity index (χ1n) is 6.63. The molecule has 0 saturated carbocycles. The first-order valence-corrected chi connectivity index (χ1v) is 8.41. The van der Waals surface area contributed by atoms with Crippen LogP contribution in [0.2, 0.25) is 0 Å². The van der Waals surface area contributed by atoms with Gasteiger partial charge in [-0.25, -0.2) is 0 Å². The van der Waals surface area contributed by atoms with E-state index in [0.717, 1.165) is 20.7 Å². The van der Waals surface area contributed by atoms with Gasteiger partial charge in [0.15, 0.2) is 0 Å². The molecule has 0 radical (unpaired) electrons.